The monoisotopic (exact) mass is 230 g/mol. The zero-order chi connectivity index (χ0) is 10.6. The van der Waals surface area contributed by atoms with Gasteiger partial charge in [-0.2, -0.15) is 11.8 Å². The summed E-state index contributed by atoms with van der Waals surface area (Å²) in [6.07, 6.45) is 1.73. The fraction of sp³-hybridized carbons (Fsp3) is 0.500. The maximum absolute atomic E-state index is 5.87. The van der Waals surface area contributed by atoms with E-state index < -0.39 is 0 Å². The van der Waals surface area contributed by atoms with Crippen LogP contribution in [0.1, 0.15) is 19.4 Å². The maximum atomic E-state index is 5.87. The summed E-state index contributed by atoms with van der Waals surface area (Å²) >= 11 is 7.58. The minimum Gasteiger partial charge on any atom is -0.325 e. The van der Waals surface area contributed by atoms with Crippen molar-refractivity contribution in [2.75, 3.05) is 5.75 Å². The first-order valence-corrected chi connectivity index (χ1v) is 5.98. The Morgan fingerprint density at radius 1 is 1.57 bits per heavy atom. The van der Waals surface area contributed by atoms with Crippen LogP contribution >= 0.6 is 23.4 Å². The van der Waals surface area contributed by atoms with Crippen molar-refractivity contribution in [3.8, 4) is 0 Å². The van der Waals surface area contributed by atoms with Crippen LogP contribution < -0.4 is 5.73 Å². The van der Waals surface area contributed by atoms with E-state index in [0.29, 0.717) is 5.15 Å². The molecule has 0 bridgehead atoms. The van der Waals surface area contributed by atoms with Gasteiger partial charge >= 0.3 is 0 Å². The Morgan fingerprint density at radius 2 is 2.29 bits per heavy atom. The van der Waals surface area contributed by atoms with Crippen molar-refractivity contribution < 1.29 is 0 Å². The Kier molecular flexibility index (Phi) is 4.23. The Balaban J connectivity index is 2.39. The third kappa shape index (κ3) is 4.84. The predicted octanol–water partition coefficient (Wildman–Crippen LogP) is 2.71. The van der Waals surface area contributed by atoms with E-state index in [1.807, 2.05) is 37.7 Å². The highest BCUT2D eigenvalue weighted by Gasteiger charge is 2.09. The van der Waals surface area contributed by atoms with Crippen molar-refractivity contribution in [1.29, 1.82) is 0 Å². The van der Waals surface area contributed by atoms with Gasteiger partial charge in [0.15, 0.2) is 0 Å². The van der Waals surface area contributed by atoms with E-state index in [-0.39, 0.29) is 5.54 Å². The van der Waals surface area contributed by atoms with Crippen LogP contribution in [0.25, 0.3) is 0 Å². The second-order valence-corrected chi connectivity index (χ2v) is 5.34. The summed E-state index contributed by atoms with van der Waals surface area (Å²) in [4.78, 5) is 3.93. The van der Waals surface area contributed by atoms with Gasteiger partial charge in [0.1, 0.15) is 5.15 Å². The van der Waals surface area contributed by atoms with Gasteiger partial charge in [0, 0.05) is 23.2 Å². The molecule has 0 radical (unpaired) electrons. The molecule has 0 amide bonds. The SMILES string of the molecule is CC(C)(N)CSCc1ccnc(Cl)c1. The summed E-state index contributed by atoms with van der Waals surface area (Å²) in [6.45, 7) is 4.05. The summed E-state index contributed by atoms with van der Waals surface area (Å²) in [6, 6.07) is 3.86. The van der Waals surface area contributed by atoms with Crippen LogP contribution in [0.4, 0.5) is 0 Å². The average Bonchev–Trinajstić information content (AvgIpc) is 2.01. The van der Waals surface area contributed by atoms with Gasteiger partial charge in [0.05, 0.1) is 0 Å². The molecule has 0 aliphatic heterocycles. The minimum absolute atomic E-state index is 0.110. The second kappa shape index (κ2) is 5.01. The molecule has 0 spiro atoms. The lowest BCUT2D eigenvalue weighted by atomic mass is 10.1. The van der Waals surface area contributed by atoms with Crippen LogP contribution in [0.15, 0.2) is 18.3 Å². The second-order valence-electron chi connectivity index (χ2n) is 3.97. The molecule has 0 fully saturated rings. The quantitative estimate of drug-likeness (QED) is 0.809. The third-order valence-electron chi connectivity index (χ3n) is 1.53. The van der Waals surface area contributed by atoms with Gasteiger partial charge in [0.2, 0.25) is 0 Å². The van der Waals surface area contributed by atoms with Crippen LogP contribution in [0.5, 0.6) is 0 Å². The highest BCUT2D eigenvalue weighted by molar-refractivity contribution is 7.98. The number of rotatable bonds is 4. The lowest BCUT2D eigenvalue weighted by Crippen LogP contribution is -2.34. The van der Waals surface area contributed by atoms with E-state index in [2.05, 4.69) is 4.98 Å². The van der Waals surface area contributed by atoms with Crippen LogP contribution in [0.2, 0.25) is 5.15 Å². The number of pyridine rings is 1. The lowest BCUT2D eigenvalue weighted by molar-refractivity contribution is 0.591. The van der Waals surface area contributed by atoms with Gasteiger partial charge in [-0.3, -0.25) is 0 Å². The van der Waals surface area contributed by atoms with Crippen molar-refractivity contribution in [3.05, 3.63) is 29.0 Å². The maximum Gasteiger partial charge on any atom is 0.129 e. The van der Waals surface area contributed by atoms with Gasteiger partial charge in [-0.05, 0) is 31.5 Å². The Hall–Kier alpha value is -0.250. The average molecular weight is 231 g/mol. The molecule has 0 saturated heterocycles. The van der Waals surface area contributed by atoms with Crippen LogP contribution in [0.3, 0.4) is 0 Å². The van der Waals surface area contributed by atoms with Crippen molar-refractivity contribution in [2.24, 2.45) is 5.73 Å². The molecule has 0 aliphatic rings. The first-order chi connectivity index (χ1) is 6.47. The van der Waals surface area contributed by atoms with Gasteiger partial charge in [-0.25, -0.2) is 4.98 Å². The summed E-state index contributed by atoms with van der Waals surface area (Å²) in [5, 5.41) is 0.551. The zero-order valence-corrected chi connectivity index (χ0v) is 10.0. The molecule has 0 atom stereocenters. The van der Waals surface area contributed by atoms with Gasteiger partial charge < -0.3 is 5.73 Å². The summed E-state index contributed by atoms with van der Waals surface area (Å²) in [5.41, 5.74) is 6.95. The summed E-state index contributed by atoms with van der Waals surface area (Å²) in [5.74, 6) is 1.87. The molecule has 0 aromatic carbocycles. The molecule has 0 unspecified atom stereocenters. The zero-order valence-electron chi connectivity index (χ0n) is 8.46. The molecule has 78 valence electrons. The first kappa shape index (κ1) is 11.8. The number of halogens is 1. The van der Waals surface area contributed by atoms with E-state index in [9.17, 15) is 0 Å². The molecule has 2 nitrogen and oxygen atoms in total. The molecule has 2 N–H and O–H groups in total. The molecule has 1 aromatic rings. The van der Waals surface area contributed by atoms with E-state index in [1.54, 1.807) is 6.20 Å². The molecule has 14 heavy (non-hydrogen) atoms. The molecule has 0 aliphatic carbocycles. The highest BCUT2D eigenvalue weighted by Crippen LogP contribution is 2.17. The van der Waals surface area contributed by atoms with Gasteiger partial charge in [-0.1, -0.05) is 11.6 Å². The minimum atomic E-state index is -0.110. The summed E-state index contributed by atoms with van der Waals surface area (Å²) < 4.78 is 0. The molecule has 4 heteroatoms. The van der Waals surface area contributed by atoms with E-state index in [4.69, 9.17) is 17.3 Å². The van der Waals surface area contributed by atoms with Gasteiger partial charge in [0.25, 0.3) is 0 Å². The summed E-state index contributed by atoms with van der Waals surface area (Å²) in [7, 11) is 0. The van der Waals surface area contributed by atoms with Crippen molar-refractivity contribution >= 4 is 23.4 Å². The van der Waals surface area contributed by atoms with Crippen LogP contribution in [0, 0.1) is 0 Å². The number of nitrogens with zero attached hydrogens (tertiary/aromatic N) is 1. The molecule has 1 heterocycles. The smallest absolute Gasteiger partial charge is 0.129 e. The van der Waals surface area contributed by atoms with Crippen LogP contribution in [-0.4, -0.2) is 16.3 Å². The number of nitrogens with two attached hydrogens (primary N) is 1. The third-order valence-corrected chi connectivity index (χ3v) is 3.23. The molecule has 1 rings (SSSR count). The van der Waals surface area contributed by atoms with Crippen molar-refractivity contribution in [3.63, 3.8) is 0 Å². The topological polar surface area (TPSA) is 38.9 Å². The predicted molar refractivity (Wildman–Crippen MR) is 63.7 cm³/mol. The molecule has 1 aromatic heterocycles. The van der Waals surface area contributed by atoms with Gasteiger partial charge in [-0.15, -0.1) is 0 Å². The van der Waals surface area contributed by atoms with Crippen molar-refractivity contribution in [2.45, 2.75) is 25.1 Å². The van der Waals surface area contributed by atoms with E-state index >= 15 is 0 Å². The molecular formula is C10H15ClN2S. The largest absolute Gasteiger partial charge is 0.325 e. The number of aromatic nitrogens is 1. The van der Waals surface area contributed by atoms with E-state index in [0.717, 1.165) is 11.5 Å². The Bertz CT molecular complexity index is 296. The Morgan fingerprint density at radius 3 is 2.86 bits per heavy atom. The fourth-order valence-corrected chi connectivity index (χ4v) is 2.20. The normalized spacial score (nSPS) is 11.7. The number of thioether (sulfide) groups is 1. The fourth-order valence-electron chi connectivity index (χ4n) is 0.964. The first-order valence-electron chi connectivity index (χ1n) is 4.44. The lowest BCUT2D eigenvalue weighted by Gasteiger charge is -2.17. The van der Waals surface area contributed by atoms with Crippen molar-refractivity contribution in [1.82, 2.24) is 4.98 Å². The Labute approximate surface area is 94.2 Å². The molecule has 0 saturated carbocycles. The van der Waals surface area contributed by atoms with E-state index in [1.165, 1.54) is 5.56 Å². The number of hydrogen-bond acceptors (Lipinski definition) is 3. The standard InChI is InChI=1S/C10H15ClN2S/c1-10(2,12)7-14-6-8-3-4-13-9(11)5-8/h3-5H,6-7,12H2,1-2H3. The van der Waals surface area contributed by atoms with Crippen LogP contribution in [-0.2, 0) is 5.75 Å². The number of hydrogen-bond donors (Lipinski definition) is 1. The molecular weight excluding hydrogens is 216 g/mol. The highest BCUT2D eigenvalue weighted by atomic mass is 35.5.